The molecule has 2 N–H and O–H groups in total. The average molecular weight is 402 g/mol. The number of furan rings is 1. The van der Waals surface area contributed by atoms with E-state index in [2.05, 4.69) is 16.6 Å². The van der Waals surface area contributed by atoms with Gasteiger partial charge in [-0.05, 0) is 42.8 Å². The molecule has 1 heterocycles. The topological polar surface area (TPSA) is 88.4 Å². The van der Waals surface area contributed by atoms with Crippen molar-refractivity contribution in [3.63, 3.8) is 0 Å². The van der Waals surface area contributed by atoms with Crippen molar-refractivity contribution in [3.05, 3.63) is 59.9 Å². The zero-order chi connectivity index (χ0) is 20.5. The molecule has 0 spiro atoms. The van der Waals surface area contributed by atoms with E-state index in [1.807, 2.05) is 0 Å². The second-order valence-electron chi connectivity index (χ2n) is 6.04. The van der Waals surface area contributed by atoms with Gasteiger partial charge in [0.05, 0.1) is 17.0 Å². The molecule has 2 aromatic carbocycles. The molecule has 0 atom stereocenters. The van der Waals surface area contributed by atoms with Crippen LogP contribution in [-0.2, 0) is 10.0 Å². The molecule has 3 aromatic rings. The molecule has 0 saturated heterocycles. The van der Waals surface area contributed by atoms with Gasteiger partial charge in [-0.2, -0.15) is 0 Å². The summed E-state index contributed by atoms with van der Waals surface area (Å²) < 4.78 is 45.6. The van der Waals surface area contributed by atoms with E-state index in [-0.39, 0.29) is 23.0 Å². The number of amides is 1. The monoisotopic (exact) mass is 402 g/mol. The first-order chi connectivity index (χ1) is 13.3. The van der Waals surface area contributed by atoms with Crippen LogP contribution in [0.5, 0.6) is 0 Å². The molecule has 28 heavy (non-hydrogen) atoms. The lowest BCUT2D eigenvalue weighted by molar-refractivity contribution is 0.0964. The minimum atomic E-state index is -3.52. The molecule has 8 heteroatoms. The lowest BCUT2D eigenvalue weighted by Crippen LogP contribution is -2.18. The first-order valence-electron chi connectivity index (χ1n) is 8.51. The molecule has 0 saturated carbocycles. The molecule has 146 valence electrons. The van der Waals surface area contributed by atoms with E-state index in [4.69, 9.17) is 4.42 Å². The highest BCUT2D eigenvalue weighted by Crippen LogP contribution is 2.37. The van der Waals surface area contributed by atoms with Crippen LogP contribution < -0.4 is 10.0 Å². The van der Waals surface area contributed by atoms with Crippen molar-refractivity contribution < 1.29 is 22.0 Å². The van der Waals surface area contributed by atoms with Crippen LogP contribution in [0.2, 0.25) is 0 Å². The summed E-state index contributed by atoms with van der Waals surface area (Å²) in [5.74, 6) is -0.620. The number of carbonyl (C=O) groups excluding carboxylic acids is 1. The van der Waals surface area contributed by atoms with Crippen molar-refractivity contribution in [2.45, 2.75) is 6.92 Å². The molecule has 0 aliphatic carbocycles. The number of benzene rings is 2. The molecular weight excluding hydrogens is 383 g/mol. The molecule has 1 amide bonds. The second kappa shape index (κ2) is 7.47. The highest BCUT2D eigenvalue weighted by Gasteiger charge is 2.23. The van der Waals surface area contributed by atoms with Crippen molar-refractivity contribution in [1.82, 2.24) is 5.32 Å². The van der Waals surface area contributed by atoms with Gasteiger partial charge in [-0.25, -0.2) is 12.8 Å². The fraction of sp³-hybridized carbons (Fsp3) is 0.150. The largest absolute Gasteiger partial charge is 0.455 e. The number of carbonyl (C=O) groups is 1. The lowest BCUT2D eigenvalue weighted by atomic mass is 10.0. The second-order valence-corrected chi connectivity index (χ2v) is 8.05. The molecule has 0 bridgehead atoms. The molecule has 3 rings (SSSR count). The van der Waals surface area contributed by atoms with E-state index >= 15 is 0 Å². The smallest absolute Gasteiger partial charge is 0.255 e. The molecule has 0 aliphatic heterocycles. The van der Waals surface area contributed by atoms with E-state index in [1.54, 1.807) is 6.07 Å². The average Bonchev–Trinajstić information content (AvgIpc) is 3.05. The molecule has 0 radical (unpaired) electrons. The number of fused-ring (bicyclic) bond motifs is 1. The van der Waals surface area contributed by atoms with E-state index in [0.717, 1.165) is 0 Å². The summed E-state index contributed by atoms with van der Waals surface area (Å²) in [5.41, 5.74) is 1.91. The summed E-state index contributed by atoms with van der Waals surface area (Å²) in [6, 6.07) is 8.71. The Morgan fingerprint density at radius 2 is 1.93 bits per heavy atom. The maximum absolute atomic E-state index is 13.3. The van der Waals surface area contributed by atoms with E-state index in [0.29, 0.717) is 27.8 Å². The third kappa shape index (κ3) is 3.63. The summed E-state index contributed by atoms with van der Waals surface area (Å²) >= 11 is 0. The zero-order valence-corrected chi connectivity index (χ0v) is 16.2. The minimum Gasteiger partial charge on any atom is -0.455 e. The molecule has 0 aliphatic rings. The first-order valence-corrected chi connectivity index (χ1v) is 10.2. The van der Waals surface area contributed by atoms with Crippen LogP contribution in [0.1, 0.15) is 22.8 Å². The van der Waals surface area contributed by atoms with Gasteiger partial charge in [-0.3, -0.25) is 9.52 Å². The Morgan fingerprint density at radius 1 is 1.25 bits per heavy atom. The van der Waals surface area contributed by atoms with E-state index in [9.17, 15) is 17.6 Å². The number of nitrogens with one attached hydrogen (secondary N) is 2. The van der Waals surface area contributed by atoms with Crippen molar-refractivity contribution in [2.24, 2.45) is 0 Å². The molecule has 0 unspecified atom stereocenters. The third-order valence-electron chi connectivity index (χ3n) is 4.29. The van der Waals surface area contributed by atoms with E-state index in [1.165, 1.54) is 50.4 Å². The quantitative estimate of drug-likeness (QED) is 0.652. The number of hydrogen-bond acceptors (Lipinski definition) is 4. The van der Waals surface area contributed by atoms with Crippen LogP contribution >= 0.6 is 0 Å². The minimum absolute atomic E-state index is 0.0932. The van der Waals surface area contributed by atoms with E-state index < -0.39 is 15.8 Å². The number of anilines is 1. The van der Waals surface area contributed by atoms with Crippen molar-refractivity contribution in [1.29, 1.82) is 0 Å². The van der Waals surface area contributed by atoms with Crippen molar-refractivity contribution in [3.8, 4) is 11.3 Å². The fourth-order valence-electron chi connectivity index (χ4n) is 2.81. The summed E-state index contributed by atoms with van der Waals surface area (Å²) in [6.07, 6.45) is 1.49. The van der Waals surface area contributed by atoms with Crippen LogP contribution in [0.15, 0.2) is 47.4 Å². The van der Waals surface area contributed by atoms with Gasteiger partial charge < -0.3 is 9.73 Å². The number of sulfonamides is 1. The summed E-state index contributed by atoms with van der Waals surface area (Å²) in [6.45, 7) is 5.24. The third-order valence-corrected chi connectivity index (χ3v) is 5.58. The Balaban J connectivity index is 2.29. The fourth-order valence-corrected chi connectivity index (χ4v) is 3.47. The Morgan fingerprint density at radius 3 is 2.50 bits per heavy atom. The Kier molecular flexibility index (Phi) is 5.24. The van der Waals surface area contributed by atoms with Crippen molar-refractivity contribution >= 4 is 38.7 Å². The van der Waals surface area contributed by atoms with Crippen LogP contribution in [-0.4, -0.2) is 27.1 Å². The number of hydrogen-bond donors (Lipinski definition) is 2. The Hall–Kier alpha value is -3.13. The summed E-state index contributed by atoms with van der Waals surface area (Å²) in [5, 5.41) is 3.06. The standard InChI is InChI=1S/C20H19FN2O4S/c1-4-12-10-15-17(11-16(12)23-28(25,26)5-2)27-19(18(15)20(24)22-3)13-6-8-14(21)9-7-13/h4,6-11,23H,1,5H2,2-3H3,(H,22,24). The highest BCUT2D eigenvalue weighted by molar-refractivity contribution is 7.92. The SMILES string of the molecule is C=Cc1cc2c(C(=O)NC)c(-c3ccc(F)cc3)oc2cc1NS(=O)(=O)CC. The summed E-state index contributed by atoms with van der Waals surface area (Å²) in [4.78, 5) is 12.5. The highest BCUT2D eigenvalue weighted by atomic mass is 32.2. The van der Waals surface area contributed by atoms with Crippen LogP contribution in [0, 0.1) is 5.82 Å². The van der Waals surface area contributed by atoms with Gasteiger partial charge in [0, 0.05) is 24.1 Å². The number of halogens is 1. The Labute approximate surface area is 162 Å². The van der Waals surface area contributed by atoms with Gasteiger partial charge >= 0.3 is 0 Å². The van der Waals surface area contributed by atoms with Crippen LogP contribution in [0.3, 0.4) is 0 Å². The Bertz CT molecular complexity index is 1170. The van der Waals surface area contributed by atoms with Crippen LogP contribution in [0.25, 0.3) is 28.4 Å². The normalized spacial score (nSPS) is 11.4. The van der Waals surface area contributed by atoms with Gasteiger partial charge in [-0.1, -0.05) is 12.7 Å². The van der Waals surface area contributed by atoms with Gasteiger partial charge in [0.15, 0.2) is 0 Å². The predicted molar refractivity (Wildman–Crippen MR) is 108 cm³/mol. The maximum Gasteiger partial charge on any atom is 0.255 e. The van der Waals surface area contributed by atoms with Gasteiger partial charge in [0.25, 0.3) is 5.91 Å². The van der Waals surface area contributed by atoms with Crippen molar-refractivity contribution in [2.75, 3.05) is 17.5 Å². The van der Waals surface area contributed by atoms with Gasteiger partial charge in [0.2, 0.25) is 10.0 Å². The van der Waals surface area contributed by atoms with Crippen LogP contribution in [0.4, 0.5) is 10.1 Å². The molecular formula is C20H19FN2O4S. The predicted octanol–water partition coefficient (Wildman–Crippen LogP) is 4.00. The first kappa shape index (κ1) is 19.6. The lowest BCUT2D eigenvalue weighted by Gasteiger charge is -2.09. The van der Waals surface area contributed by atoms with Gasteiger partial charge in [-0.15, -0.1) is 0 Å². The summed E-state index contributed by atoms with van der Waals surface area (Å²) in [7, 11) is -2.02. The molecule has 6 nitrogen and oxygen atoms in total. The maximum atomic E-state index is 13.3. The molecule has 1 aromatic heterocycles. The number of rotatable bonds is 6. The molecule has 0 fully saturated rings. The van der Waals surface area contributed by atoms with Gasteiger partial charge in [0.1, 0.15) is 17.2 Å². The zero-order valence-electron chi connectivity index (χ0n) is 15.4.